The van der Waals surface area contributed by atoms with E-state index in [2.05, 4.69) is 5.16 Å². The number of nitrogens with zero attached hydrogens (tertiary/aromatic N) is 1. The zero-order valence-electron chi connectivity index (χ0n) is 10.6. The summed E-state index contributed by atoms with van der Waals surface area (Å²) in [6.07, 6.45) is 4.50. The van der Waals surface area contributed by atoms with Crippen molar-refractivity contribution in [1.29, 1.82) is 0 Å². The first-order chi connectivity index (χ1) is 7.93. The summed E-state index contributed by atoms with van der Waals surface area (Å²) in [6, 6.07) is 1.86. The molecular formula is C12H23NO3. The van der Waals surface area contributed by atoms with Crippen molar-refractivity contribution in [2.45, 2.75) is 33.1 Å². The van der Waals surface area contributed by atoms with Gasteiger partial charge in [-0.2, -0.15) is 0 Å². The van der Waals surface area contributed by atoms with Gasteiger partial charge in [0.25, 0.3) is 0 Å². The smallest absolute Gasteiger partial charge is 0.124 e. The Bertz CT molecular complexity index is 212. The van der Waals surface area contributed by atoms with Crippen LogP contribution in [-0.2, 0) is 15.9 Å². The van der Waals surface area contributed by atoms with E-state index in [0.717, 1.165) is 38.2 Å². The van der Waals surface area contributed by atoms with Gasteiger partial charge in [0.1, 0.15) is 6.26 Å². The van der Waals surface area contributed by atoms with Crippen LogP contribution in [0.1, 0.15) is 32.4 Å². The first-order valence-corrected chi connectivity index (χ1v) is 5.89. The normalized spacial score (nSPS) is 9.69. The summed E-state index contributed by atoms with van der Waals surface area (Å²) >= 11 is 0. The van der Waals surface area contributed by atoms with Crippen LogP contribution in [-0.4, -0.2) is 32.1 Å². The van der Waals surface area contributed by atoms with Crippen LogP contribution >= 0.6 is 0 Å². The average molecular weight is 229 g/mol. The molecule has 0 aliphatic rings. The van der Waals surface area contributed by atoms with Gasteiger partial charge in [0.05, 0.1) is 12.3 Å². The van der Waals surface area contributed by atoms with Gasteiger partial charge in [0, 0.05) is 32.8 Å². The number of ether oxygens (including phenoxy) is 2. The largest absolute Gasteiger partial charge is 0.385 e. The van der Waals surface area contributed by atoms with Crippen LogP contribution in [0.4, 0.5) is 0 Å². The summed E-state index contributed by atoms with van der Waals surface area (Å²) in [7, 11) is 1.71. The summed E-state index contributed by atoms with van der Waals surface area (Å²) in [5, 5.41) is 3.79. The highest BCUT2D eigenvalue weighted by Gasteiger charge is 1.95. The van der Waals surface area contributed by atoms with E-state index in [-0.39, 0.29) is 0 Å². The molecule has 94 valence electrons. The summed E-state index contributed by atoms with van der Waals surface area (Å²) < 4.78 is 15.0. The molecule has 1 aromatic rings. The highest BCUT2D eigenvalue weighted by Crippen LogP contribution is 1.97. The van der Waals surface area contributed by atoms with Crippen LogP contribution in [0, 0.1) is 0 Å². The molecule has 1 rings (SSSR count). The molecule has 0 aliphatic heterocycles. The third-order valence-electron chi connectivity index (χ3n) is 1.88. The van der Waals surface area contributed by atoms with Crippen molar-refractivity contribution < 1.29 is 14.0 Å². The second kappa shape index (κ2) is 12.2. The summed E-state index contributed by atoms with van der Waals surface area (Å²) in [4.78, 5) is 0. The quantitative estimate of drug-likeness (QED) is 0.643. The van der Waals surface area contributed by atoms with Gasteiger partial charge in [0.2, 0.25) is 0 Å². The average Bonchev–Trinajstić information content (AvgIpc) is 2.84. The van der Waals surface area contributed by atoms with Crippen molar-refractivity contribution in [3.63, 3.8) is 0 Å². The van der Waals surface area contributed by atoms with E-state index in [1.807, 2.05) is 19.9 Å². The molecule has 0 fully saturated rings. The second-order valence-corrected chi connectivity index (χ2v) is 3.05. The molecule has 4 heteroatoms. The maximum absolute atomic E-state index is 5.42. The molecule has 0 bridgehead atoms. The number of hydrogen-bond acceptors (Lipinski definition) is 4. The Kier molecular flexibility index (Phi) is 11.5. The van der Waals surface area contributed by atoms with Crippen molar-refractivity contribution >= 4 is 0 Å². The van der Waals surface area contributed by atoms with E-state index < -0.39 is 0 Å². The lowest BCUT2D eigenvalue weighted by atomic mass is 10.3. The van der Waals surface area contributed by atoms with Gasteiger partial charge in [-0.05, 0) is 12.8 Å². The van der Waals surface area contributed by atoms with Crippen LogP contribution in [0.5, 0.6) is 0 Å². The topological polar surface area (TPSA) is 44.5 Å². The lowest BCUT2D eigenvalue weighted by Gasteiger charge is -2.01. The summed E-state index contributed by atoms with van der Waals surface area (Å²) in [6.45, 7) is 6.31. The lowest BCUT2D eigenvalue weighted by molar-refractivity contribution is 0.120. The van der Waals surface area contributed by atoms with Gasteiger partial charge in [-0.3, -0.25) is 0 Å². The molecule has 16 heavy (non-hydrogen) atoms. The summed E-state index contributed by atoms with van der Waals surface area (Å²) in [5.41, 5.74) is 0.946. The Hall–Kier alpha value is -0.870. The van der Waals surface area contributed by atoms with Crippen molar-refractivity contribution in [3.05, 3.63) is 18.0 Å². The lowest BCUT2D eigenvalue weighted by Crippen LogP contribution is -2.01. The molecule has 4 nitrogen and oxygen atoms in total. The molecule has 0 N–H and O–H groups in total. The number of rotatable bonds is 8. The van der Waals surface area contributed by atoms with Gasteiger partial charge >= 0.3 is 0 Å². The van der Waals surface area contributed by atoms with E-state index in [1.54, 1.807) is 13.4 Å². The van der Waals surface area contributed by atoms with Gasteiger partial charge in [-0.15, -0.1) is 0 Å². The highest BCUT2D eigenvalue weighted by molar-refractivity contribution is 4.94. The predicted octanol–water partition coefficient (Wildman–Crippen LogP) is 2.69. The van der Waals surface area contributed by atoms with Crippen molar-refractivity contribution in [1.82, 2.24) is 5.16 Å². The number of aromatic nitrogens is 1. The van der Waals surface area contributed by atoms with Gasteiger partial charge < -0.3 is 14.0 Å². The molecule has 0 saturated carbocycles. The first-order valence-electron chi connectivity index (χ1n) is 5.89. The van der Waals surface area contributed by atoms with Crippen LogP contribution in [0.3, 0.4) is 0 Å². The van der Waals surface area contributed by atoms with Crippen LogP contribution in [0.25, 0.3) is 0 Å². The second-order valence-electron chi connectivity index (χ2n) is 3.05. The van der Waals surface area contributed by atoms with Crippen LogP contribution in [0.2, 0.25) is 0 Å². The number of hydrogen-bond donors (Lipinski definition) is 0. The minimum Gasteiger partial charge on any atom is -0.385 e. The van der Waals surface area contributed by atoms with E-state index in [1.165, 1.54) is 0 Å². The molecule has 1 heterocycles. The SMILES string of the molecule is CC.COCCCCOCCc1ccon1. The number of unbranched alkanes of at least 4 members (excludes halogenated alkanes) is 1. The molecule has 0 aliphatic carbocycles. The van der Waals surface area contributed by atoms with E-state index in [4.69, 9.17) is 14.0 Å². The number of methoxy groups -OCH3 is 1. The van der Waals surface area contributed by atoms with Gasteiger partial charge in [-0.1, -0.05) is 19.0 Å². The standard InChI is InChI=1S/C10H17NO3.C2H6/c1-12-6-2-3-7-13-8-4-10-5-9-14-11-10;1-2/h5,9H,2-4,6-8H2,1H3;1-2H3. The van der Waals surface area contributed by atoms with Crippen molar-refractivity contribution in [3.8, 4) is 0 Å². The Morgan fingerprint density at radius 3 is 2.56 bits per heavy atom. The Labute approximate surface area is 97.9 Å². The zero-order valence-corrected chi connectivity index (χ0v) is 10.6. The fraction of sp³-hybridized carbons (Fsp3) is 0.750. The molecular weight excluding hydrogens is 206 g/mol. The highest BCUT2D eigenvalue weighted by atomic mass is 16.5. The molecule has 0 spiro atoms. The zero-order chi connectivity index (χ0) is 12.1. The molecule has 0 unspecified atom stereocenters. The predicted molar refractivity (Wildman–Crippen MR) is 63.5 cm³/mol. The molecule has 0 atom stereocenters. The van der Waals surface area contributed by atoms with E-state index in [0.29, 0.717) is 6.61 Å². The molecule has 0 amide bonds. The van der Waals surface area contributed by atoms with Crippen LogP contribution < -0.4 is 0 Å². The molecule has 0 radical (unpaired) electrons. The molecule has 0 saturated heterocycles. The fourth-order valence-electron chi connectivity index (χ4n) is 1.10. The van der Waals surface area contributed by atoms with Crippen LogP contribution in [0.15, 0.2) is 16.9 Å². The third-order valence-corrected chi connectivity index (χ3v) is 1.88. The van der Waals surface area contributed by atoms with E-state index >= 15 is 0 Å². The minimum atomic E-state index is 0.708. The Morgan fingerprint density at radius 2 is 1.94 bits per heavy atom. The fourth-order valence-corrected chi connectivity index (χ4v) is 1.10. The summed E-state index contributed by atoms with van der Waals surface area (Å²) in [5.74, 6) is 0. The third kappa shape index (κ3) is 8.44. The first kappa shape index (κ1) is 15.1. The van der Waals surface area contributed by atoms with Gasteiger partial charge in [-0.25, -0.2) is 0 Å². The minimum absolute atomic E-state index is 0.708. The van der Waals surface area contributed by atoms with Crippen molar-refractivity contribution in [2.24, 2.45) is 0 Å². The Morgan fingerprint density at radius 1 is 1.19 bits per heavy atom. The maximum atomic E-state index is 5.42. The molecule has 1 aromatic heterocycles. The Balaban J connectivity index is 0.00000106. The molecule has 0 aromatic carbocycles. The van der Waals surface area contributed by atoms with E-state index in [9.17, 15) is 0 Å². The van der Waals surface area contributed by atoms with Gasteiger partial charge in [0.15, 0.2) is 0 Å². The van der Waals surface area contributed by atoms with Crippen molar-refractivity contribution in [2.75, 3.05) is 26.9 Å². The maximum Gasteiger partial charge on any atom is 0.124 e. The monoisotopic (exact) mass is 229 g/mol.